The standard InChI is InChI=1S/C16H12F3N5O/c17-16(18,19)11-3-6-14(21-7-11)24-8-13(22-9-24)10-1-4-12(5-2-10)23-15(20)25/h1-9H,(H3,20,23,25). The van der Waals surface area contributed by atoms with E-state index in [2.05, 4.69) is 15.3 Å². The van der Waals surface area contributed by atoms with Gasteiger partial charge in [-0.1, -0.05) is 12.1 Å². The highest BCUT2D eigenvalue weighted by molar-refractivity contribution is 5.88. The molecule has 0 aliphatic heterocycles. The Morgan fingerprint density at radius 3 is 2.36 bits per heavy atom. The lowest BCUT2D eigenvalue weighted by Crippen LogP contribution is -2.19. The molecule has 0 fully saturated rings. The fraction of sp³-hybridized carbons (Fsp3) is 0.0625. The molecular weight excluding hydrogens is 335 g/mol. The van der Waals surface area contributed by atoms with Gasteiger partial charge in [0.05, 0.1) is 11.3 Å². The predicted octanol–water partition coefficient (Wildman–Crippen LogP) is 3.44. The number of nitrogens with two attached hydrogens (primary N) is 1. The summed E-state index contributed by atoms with van der Waals surface area (Å²) < 4.78 is 39.2. The fourth-order valence-corrected chi connectivity index (χ4v) is 2.17. The lowest BCUT2D eigenvalue weighted by molar-refractivity contribution is -0.137. The minimum absolute atomic E-state index is 0.318. The molecule has 0 unspecified atom stereocenters. The van der Waals surface area contributed by atoms with Crippen LogP contribution in [0.1, 0.15) is 5.56 Å². The van der Waals surface area contributed by atoms with E-state index in [0.717, 1.165) is 17.8 Å². The number of hydrogen-bond donors (Lipinski definition) is 2. The quantitative estimate of drug-likeness (QED) is 0.761. The second kappa shape index (κ2) is 6.27. The average Bonchev–Trinajstić information content (AvgIpc) is 3.04. The lowest BCUT2D eigenvalue weighted by Gasteiger charge is -2.07. The third-order valence-corrected chi connectivity index (χ3v) is 3.37. The van der Waals surface area contributed by atoms with Crippen LogP contribution < -0.4 is 11.1 Å². The van der Waals surface area contributed by atoms with Crippen molar-refractivity contribution in [3.05, 3.63) is 60.7 Å². The summed E-state index contributed by atoms with van der Waals surface area (Å²) in [4.78, 5) is 18.8. The van der Waals surface area contributed by atoms with Gasteiger partial charge < -0.3 is 11.1 Å². The average molecular weight is 347 g/mol. The number of pyridine rings is 1. The largest absolute Gasteiger partial charge is 0.417 e. The highest BCUT2D eigenvalue weighted by Gasteiger charge is 2.30. The number of urea groups is 1. The van der Waals surface area contributed by atoms with Crippen molar-refractivity contribution in [2.45, 2.75) is 6.18 Å². The van der Waals surface area contributed by atoms with E-state index in [0.29, 0.717) is 17.2 Å². The number of amides is 2. The second-order valence-electron chi connectivity index (χ2n) is 5.14. The maximum atomic E-state index is 12.6. The Labute approximate surface area is 140 Å². The first-order chi connectivity index (χ1) is 11.8. The third kappa shape index (κ3) is 3.77. The van der Waals surface area contributed by atoms with Gasteiger partial charge in [-0.05, 0) is 24.3 Å². The van der Waals surface area contributed by atoms with Crippen LogP contribution in [-0.4, -0.2) is 20.6 Å². The number of anilines is 1. The SMILES string of the molecule is NC(=O)Nc1ccc(-c2cn(-c3ccc(C(F)(F)F)cn3)cn2)cc1. The Balaban J connectivity index is 1.81. The van der Waals surface area contributed by atoms with E-state index < -0.39 is 17.8 Å². The highest BCUT2D eigenvalue weighted by atomic mass is 19.4. The molecule has 3 rings (SSSR count). The maximum Gasteiger partial charge on any atom is 0.417 e. The number of imidazole rings is 1. The lowest BCUT2D eigenvalue weighted by atomic mass is 10.1. The molecule has 3 N–H and O–H groups in total. The summed E-state index contributed by atoms with van der Waals surface area (Å²) in [6.07, 6.45) is -0.543. The number of alkyl halides is 3. The zero-order valence-electron chi connectivity index (χ0n) is 12.7. The van der Waals surface area contributed by atoms with Crippen LogP contribution in [0.5, 0.6) is 0 Å². The normalized spacial score (nSPS) is 11.3. The van der Waals surface area contributed by atoms with Crippen LogP contribution >= 0.6 is 0 Å². The number of carbonyl (C=O) groups excluding carboxylic acids is 1. The molecule has 0 bridgehead atoms. The van der Waals surface area contributed by atoms with Gasteiger partial charge in [0, 0.05) is 23.6 Å². The Bertz CT molecular complexity index is 885. The van der Waals surface area contributed by atoms with Crippen LogP contribution in [0.4, 0.5) is 23.7 Å². The topological polar surface area (TPSA) is 85.8 Å². The minimum Gasteiger partial charge on any atom is -0.351 e. The monoisotopic (exact) mass is 347 g/mol. The minimum atomic E-state index is -4.42. The van der Waals surface area contributed by atoms with E-state index in [9.17, 15) is 18.0 Å². The van der Waals surface area contributed by atoms with E-state index in [1.165, 1.54) is 17.0 Å². The summed E-state index contributed by atoms with van der Waals surface area (Å²) in [7, 11) is 0. The Kier molecular flexibility index (Phi) is 4.14. The molecule has 2 amide bonds. The van der Waals surface area contributed by atoms with Crippen molar-refractivity contribution in [1.29, 1.82) is 0 Å². The summed E-state index contributed by atoms with van der Waals surface area (Å²) in [5.74, 6) is 0.318. The molecule has 1 aromatic carbocycles. The van der Waals surface area contributed by atoms with Crippen molar-refractivity contribution in [3.63, 3.8) is 0 Å². The molecule has 0 radical (unpaired) electrons. The Morgan fingerprint density at radius 2 is 1.80 bits per heavy atom. The summed E-state index contributed by atoms with van der Waals surface area (Å²) in [5.41, 5.74) is 6.14. The fourth-order valence-electron chi connectivity index (χ4n) is 2.17. The van der Waals surface area contributed by atoms with Gasteiger partial charge in [0.25, 0.3) is 0 Å². The summed E-state index contributed by atoms with van der Waals surface area (Å²) in [5, 5.41) is 2.44. The molecular formula is C16H12F3N5O. The van der Waals surface area contributed by atoms with E-state index in [4.69, 9.17) is 5.73 Å². The number of primary amides is 1. The third-order valence-electron chi connectivity index (χ3n) is 3.37. The molecule has 0 aliphatic carbocycles. The van der Waals surface area contributed by atoms with Crippen molar-refractivity contribution < 1.29 is 18.0 Å². The van der Waals surface area contributed by atoms with Crippen molar-refractivity contribution >= 4 is 11.7 Å². The van der Waals surface area contributed by atoms with Gasteiger partial charge in [0.15, 0.2) is 0 Å². The van der Waals surface area contributed by atoms with Crippen LogP contribution in [0.25, 0.3) is 17.1 Å². The molecule has 0 saturated carbocycles. The highest BCUT2D eigenvalue weighted by Crippen LogP contribution is 2.29. The summed E-state index contributed by atoms with van der Waals surface area (Å²) >= 11 is 0. The number of nitrogens with zero attached hydrogens (tertiary/aromatic N) is 3. The van der Waals surface area contributed by atoms with Crippen LogP contribution in [0.15, 0.2) is 55.1 Å². The van der Waals surface area contributed by atoms with Crippen molar-refractivity contribution in [2.24, 2.45) is 5.73 Å². The van der Waals surface area contributed by atoms with Crippen LogP contribution in [0.3, 0.4) is 0 Å². The van der Waals surface area contributed by atoms with Gasteiger partial charge in [-0.15, -0.1) is 0 Å². The first-order valence-corrected chi connectivity index (χ1v) is 7.07. The number of halogens is 3. The Hall–Kier alpha value is -3.36. The molecule has 3 aromatic rings. The van der Waals surface area contributed by atoms with Gasteiger partial charge in [0.2, 0.25) is 0 Å². The first kappa shape index (κ1) is 16.5. The second-order valence-corrected chi connectivity index (χ2v) is 5.14. The van der Waals surface area contributed by atoms with Crippen molar-refractivity contribution in [2.75, 3.05) is 5.32 Å². The van der Waals surface area contributed by atoms with E-state index in [-0.39, 0.29) is 0 Å². The smallest absolute Gasteiger partial charge is 0.351 e. The van der Waals surface area contributed by atoms with Gasteiger partial charge in [-0.3, -0.25) is 4.57 Å². The van der Waals surface area contributed by atoms with Gasteiger partial charge in [0.1, 0.15) is 12.1 Å². The zero-order valence-corrected chi connectivity index (χ0v) is 12.7. The van der Waals surface area contributed by atoms with Gasteiger partial charge in [-0.25, -0.2) is 14.8 Å². The van der Waals surface area contributed by atoms with Gasteiger partial charge in [-0.2, -0.15) is 13.2 Å². The number of rotatable bonds is 3. The summed E-state index contributed by atoms with van der Waals surface area (Å²) in [6, 6.07) is 8.37. The zero-order chi connectivity index (χ0) is 18.0. The van der Waals surface area contributed by atoms with E-state index in [1.807, 2.05) is 0 Å². The molecule has 0 spiro atoms. The van der Waals surface area contributed by atoms with E-state index in [1.54, 1.807) is 30.5 Å². The van der Waals surface area contributed by atoms with Gasteiger partial charge >= 0.3 is 12.2 Å². The molecule has 0 atom stereocenters. The summed E-state index contributed by atoms with van der Waals surface area (Å²) in [6.45, 7) is 0. The number of carbonyl (C=O) groups is 1. The molecule has 9 heteroatoms. The molecule has 128 valence electrons. The van der Waals surface area contributed by atoms with Crippen molar-refractivity contribution in [1.82, 2.24) is 14.5 Å². The maximum absolute atomic E-state index is 12.6. The number of nitrogens with one attached hydrogen (secondary N) is 1. The molecule has 2 aromatic heterocycles. The Morgan fingerprint density at radius 1 is 1.08 bits per heavy atom. The van der Waals surface area contributed by atoms with Crippen molar-refractivity contribution in [3.8, 4) is 17.1 Å². The number of hydrogen-bond acceptors (Lipinski definition) is 3. The van der Waals surface area contributed by atoms with E-state index >= 15 is 0 Å². The number of benzene rings is 1. The van der Waals surface area contributed by atoms with Crippen LogP contribution in [-0.2, 0) is 6.18 Å². The first-order valence-electron chi connectivity index (χ1n) is 7.07. The molecule has 0 aliphatic rings. The predicted molar refractivity (Wildman–Crippen MR) is 85.0 cm³/mol. The molecule has 25 heavy (non-hydrogen) atoms. The van der Waals surface area contributed by atoms with Crippen LogP contribution in [0.2, 0.25) is 0 Å². The molecule has 0 saturated heterocycles. The van der Waals surface area contributed by atoms with Crippen LogP contribution in [0, 0.1) is 0 Å². The molecule has 2 heterocycles. The molecule has 6 nitrogen and oxygen atoms in total. The number of aromatic nitrogens is 3.